The monoisotopic (exact) mass is 434 g/mol. The van der Waals surface area contributed by atoms with Crippen LogP contribution in [0.2, 0.25) is 0 Å². The molecule has 0 spiro atoms. The summed E-state index contributed by atoms with van der Waals surface area (Å²) in [5, 5.41) is 18.1. The average molecular weight is 434 g/mol. The number of methoxy groups -OCH3 is 1. The number of likely N-dealkylation sites (N-methyl/N-ethyl adjacent to an activating group) is 1. The van der Waals surface area contributed by atoms with Gasteiger partial charge in [-0.25, -0.2) is 4.98 Å². The van der Waals surface area contributed by atoms with E-state index in [0.717, 1.165) is 12.8 Å². The van der Waals surface area contributed by atoms with Gasteiger partial charge in [0, 0.05) is 26.7 Å². The van der Waals surface area contributed by atoms with Crippen LogP contribution in [-0.2, 0) is 20.9 Å². The summed E-state index contributed by atoms with van der Waals surface area (Å²) in [7, 11) is 3.41. The van der Waals surface area contributed by atoms with E-state index in [2.05, 4.69) is 9.97 Å². The lowest BCUT2D eigenvalue weighted by atomic mass is 9.91. The Morgan fingerprint density at radius 1 is 1.39 bits per heavy atom. The molecule has 1 aromatic carbocycles. The molecule has 1 amide bonds. The summed E-state index contributed by atoms with van der Waals surface area (Å²) in [6.07, 6.45) is 1.06. The van der Waals surface area contributed by atoms with Crippen molar-refractivity contribution in [2.75, 3.05) is 40.4 Å². The highest BCUT2D eigenvalue weighted by Gasteiger charge is 2.28. The maximum atomic E-state index is 12.2. The summed E-state index contributed by atoms with van der Waals surface area (Å²) in [6, 6.07) is 7.25. The maximum absolute atomic E-state index is 12.2. The summed E-state index contributed by atoms with van der Waals surface area (Å²) in [5.41, 5.74) is 0.519. The number of carbonyl (C=O) groups is 2. The van der Waals surface area contributed by atoms with Crippen LogP contribution in [0, 0.1) is 5.92 Å². The predicted molar refractivity (Wildman–Crippen MR) is 115 cm³/mol. The van der Waals surface area contributed by atoms with Crippen molar-refractivity contribution in [2.45, 2.75) is 25.5 Å². The van der Waals surface area contributed by atoms with Crippen LogP contribution in [0.5, 0.6) is 0 Å². The Morgan fingerprint density at radius 2 is 2.03 bits per heavy atom. The molecule has 1 saturated heterocycles. The molecule has 2 heterocycles. The zero-order chi connectivity index (χ0) is 22.8. The van der Waals surface area contributed by atoms with E-state index in [0.29, 0.717) is 42.9 Å². The van der Waals surface area contributed by atoms with E-state index >= 15 is 0 Å². The SMILES string of the molecule is COCC(=O)N1CCC(C(O)CN(C)Cc2nc3ccccc3c(=O)[nH]2)CC1.O=CO. The summed E-state index contributed by atoms with van der Waals surface area (Å²) < 4.78 is 4.90. The molecule has 0 aliphatic carbocycles. The highest BCUT2D eigenvalue weighted by atomic mass is 16.5. The molecule has 10 nitrogen and oxygen atoms in total. The number of aliphatic hydroxyl groups excluding tert-OH is 1. The van der Waals surface area contributed by atoms with Gasteiger partial charge in [-0.3, -0.25) is 19.3 Å². The number of rotatable bonds is 7. The first-order chi connectivity index (χ1) is 14.9. The largest absolute Gasteiger partial charge is 0.483 e. The molecule has 1 aromatic heterocycles. The van der Waals surface area contributed by atoms with Gasteiger partial charge in [-0.2, -0.15) is 0 Å². The highest BCUT2D eigenvalue weighted by Crippen LogP contribution is 2.21. The third-order valence-electron chi connectivity index (χ3n) is 5.28. The van der Waals surface area contributed by atoms with E-state index in [1.807, 2.05) is 30.1 Å². The second-order valence-corrected chi connectivity index (χ2v) is 7.55. The van der Waals surface area contributed by atoms with Gasteiger partial charge in [0.05, 0.1) is 23.6 Å². The predicted octanol–water partition coefficient (Wildman–Crippen LogP) is 0.302. The van der Waals surface area contributed by atoms with Crippen molar-refractivity contribution in [1.82, 2.24) is 19.8 Å². The molecule has 2 aromatic rings. The van der Waals surface area contributed by atoms with Gasteiger partial charge in [-0.05, 0) is 37.9 Å². The van der Waals surface area contributed by atoms with E-state index < -0.39 is 6.10 Å². The topological polar surface area (TPSA) is 136 Å². The number of nitrogens with one attached hydrogen (secondary N) is 1. The number of likely N-dealkylation sites (tertiary alicyclic amines) is 1. The van der Waals surface area contributed by atoms with Crippen molar-refractivity contribution in [3.05, 3.63) is 40.4 Å². The van der Waals surface area contributed by atoms with Crippen molar-refractivity contribution in [2.24, 2.45) is 5.92 Å². The fourth-order valence-corrected chi connectivity index (χ4v) is 3.75. The zero-order valence-electron chi connectivity index (χ0n) is 17.9. The number of benzene rings is 1. The lowest BCUT2D eigenvalue weighted by molar-refractivity contribution is -0.137. The third-order valence-corrected chi connectivity index (χ3v) is 5.28. The minimum absolute atomic E-state index is 0.00103. The molecule has 10 heteroatoms. The van der Waals surface area contributed by atoms with Gasteiger partial charge >= 0.3 is 0 Å². The van der Waals surface area contributed by atoms with E-state index in [9.17, 15) is 14.7 Å². The normalized spacial score (nSPS) is 15.4. The number of ether oxygens (including phenoxy) is 1. The first-order valence-electron chi connectivity index (χ1n) is 10.1. The number of piperidine rings is 1. The van der Waals surface area contributed by atoms with Gasteiger partial charge in [0.2, 0.25) is 5.91 Å². The highest BCUT2D eigenvalue weighted by molar-refractivity contribution is 5.77. The lowest BCUT2D eigenvalue weighted by Gasteiger charge is -2.35. The third kappa shape index (κ3) is 7.12. The Hall–Kier alpha value is -2.82. The van der Waals surface area contributed by atoms with Gasteiger partial charge in [0.25, 0.3) is 12.0 Å². The molecule has 0 saturated carbocycles. The number of aromatic amines is 1. The van der Waals surface area contributed by atoms with E-state index in [1.54, 1.807) is 11.0 Å². The van der Waals surface area contributed by atoms with Crippen LogP contribution >= 0.6 is 0 Å². The molecule has 0 bridgehead atoms. The van der Waals surface area contributed by atoms with Crippen molar-refractivity contribution in [3.63, 3.8) is 0 Å². The van der Waals surface area contributed by atoms with Crippen LogP contribution in [0.3, 0.4) is 0 Å². The molecule has 1 aliphatic rings. The van der Waals surface area contributed by atoms with Crippen molar-refractivity contribution in [3.8, 4) is 0 Å². The number of para-hydroxylation sites is 1. The summed E-state index contributed by atoms with van der Waals surface area (Å²) in [4.78, 5) is 43.5. The second-order valence-electron chi connectivity index (χ2n) is 7.55. The lowest BCUT2D eigenvalue weighted by Crippen LogP contribution is -2.44. The Balaban J connectivity index is 0.00000107. The summed E-state index contributed by atoms with van der Waals surface area (Å²) in [6.45, 7) is 2.07. The molecule has 1 aliphatic heterocycles. The molecular formula is C21H30N4O6. The zero-order valence-corrected chi connectivity index (χ0v) is 17.9. The second kappa shape index (κ2) is 12.1. The first-order valence-corrected chi connectivity index (χ1v) is 10.1. The molecule has 1 fully saturated rings. The van der Waals surface area contributed by atoms with Gasteiger partial charge in [-0.15, -0.1) is 0 Å². The first kappa shape index (κ1) is 24.4. The fraction of sp³-hybridized carbons (Fsp3) is 0.524. The molecular weight excluding hydrogens is 404 g/mol. The Kier molecular flexibility index (Phi) is 9.57. The number of H-pyrrole nitrogens is 1. The number of aliphatic hydroxyl groups is 1. The van der Waals surface area contributed by atoms with Crippen LogP contribution in [0.15, 0.2) is 29.1 Å². The Morgan fingerprint density at radius 3 is 2.68 bits per heavy atom. The number of nitrogens with zero attached hydrogens (tertiary/aromatic N) is 3. The Labute approximate surface area is 180 Å². The number of fused-ring (bicyclic) bond motifs is 1. The number of amides is 1. The van der Waals surface area contributed by atoms with Crippen LogP contribution in [-0.4, -0.2) is 88.9 Å². The van der Waals surface area contributed by atoms with Crippen LogP contribution < -0.4 is 5.56 Å². The van der Waals surface area contributed by atoms with Gasteiger partial charge in [0.1, 0.15) is 12.4 Å². The van der Waals surface area contributed by atoms with Crippen molar-refractivity contribution in [1.29, 1.82) is 0 Å². The molecule has 3 rings (SSSR count). The van der Waals surface area contributed by atoms with Gasteiger partial charge in [0.15, 0.2) is 0 Å². The standard InChI is InChI=1S/C20H28N4O4.CH2O2/c1-23(12-18-21-16-6-4-3-5-15(16)20(27)22-18)11-17(25)14-7-9-24(10-8-14)19(26)13-28-2;2-1-3/h3-6,14,17,25H,7-13H2,1-2H3,(H,21,22,27);1H,(H,2,3). The molecule has 31 heavy (non-hydrogen) atoms. The average Bonchev–Trinajstić information content (AvgIpc) is 2.74. The van der Waals surface area contributed by atoms with Crippen LogP contribution in [0.25, 0.3) is 10.9 Å². The molecule has 3 N–H and O–H groups in total. The number of carboxylic acid groups (broad SMARTS) is 1. The molecule has 1 unspecified atom stereocenters. The Bertz CT molecular complexity index is 910. The van der Waals surface area contributed by atoms with E-state index in [4.69, 9.17) is 14.6 Å². The maximum Gasteiger partial charge on any atom is 0.290 e. The van der Waals surface area contributed by atoms with Gasteiger partial charge in [-0.1, -0.05) is 12.1 Å². The number of hydrogen-bond donors (Lipinski definition) is 3. The number of carbonyl (C=O) groups excluding carboxylic acids is 1. The molecule has 170 valence electrons. The van der Waals surface area contributed by atoms with Crippen LogP contribution in [0.1, 0.15) is 18.7 Å². The minimum Gasteiger partial charge on any atom is -0.483 e. The number of hydrogen-bond acceptors (Lipinski definition) is 7. The van der Waals surface area contributed by atoms with Crippen molar-refractivity contribution >= 4 is 23.3 Å². The van der Waals surface area contributed by atoms with Crippen LogP contribution in [0.4, 0.5) is 0 Å². The molecule has 0 radical (unpaired) electrons. The summed E-state index contributed by atoms with van der Waals surface area (Å²) in [5.74, 6) is 0.731. The van der Waals surface area contributed by atoms with E-state index in [-0.39, 0.29) is 30.5 Å². The molecule has 1 atom stereocenters. The smallest absolute Gasteiger partial charge is 0.290 e. The summed E-state index contributed by atoms with van der Waals surface area (Å²) >= 11 is 0. The number of aromatic nitrogens is 2. The van der Waals surface area contributed by atoms with Crippen molar-refractivity contribution < 1.29 is 24.5 Å². The fourth-order valence-electron chi connectivity index (χ4n) is 3.75. The van der Waals surface area contributed by atoms with E-state index in [1.165, 1.54) is 7.11 Å². The minimum atomic E-state index is -0.489. The van der Waals surface area contributed by atoms with Gasteiger partial charge < -0.3 is 24.8 Å². The quantitative estimate of drug-likeness (QED) is 0.530.